The zero-order valence-corrected chi connectivity index (χ0v) is 21.3. The number of ether oxygens (including phenoxy) is 1. The molecule has 0 spiro atoms. The lowest BCUT2D eigenvalue weighted by Crippen LogP contribution is -2.04. The number of hydrogen-bond donors (Lipinski definition) is 1. The molecule has 8 nitrogen and oxygen atoms in total. The first kappa shape index (κ1) is 22.5. The van der Waals surface area contributed by atoms with Crippen LogP contribution >= 0.6 is 0 Å². The molecule has 1 saturated carbocycles. The largest absolute Gasteiger partial charge is 0.456 e. The summed E-state index contributed by atoms with van der Waals surface area (Å²) in [4.78, 5) is 24.2. The zero-order chi connectivity index (χ0) is 26.1. The summed E-state index contributed by atoms with van der Waals surface area (Å²) < 4.78 is 13.6. The van der Waals surface area contributed by atoms with Crippen LogP contribution in [0, 0.1) is 13.8 Å². The Morgan fingerprint density at radius 1 is 1.05 bits per heavy atom. The molecule has 3 aromatic heterocycles. The quantitative estimate of drug-likeness (QED) is 0.327. The van der Waals surface area contributed by atoms with Crippen LogP contribution in [-0.4, -0.2) is 24.7 Å². The summed E-state index contributed by atoms with van der Waals surface area (Å²) in [5.41, 5.74) is 8.96. The molecule has 1 fully saturated rings. The number of fused-ring (bicyclic) bond motifs is 3. The van der Waals surface area contributed by atoms with Gasteiger partial charge in [0.15, 0.2) is 11.5 Å². The van der Waals surface area contributed by atoms with Crippen molar-refractivity contribution in [1.29, 1.82) is 0 Å². The molecule has 8 heteroatoms. The summed E-state index contributed by atoms with van der Waals surface area (Å²) >= 11 is 0. The summed E-state index contributed by atoms with van der Waals surface area (Å²) in [6.07, 6.45) is 2.24. The molecule has 0 unspecified atom stereocenters. The number of aromatic nitrogens is 5. The van der Waals surface area contributed by atoms with E-state index in [2.05, 4.69) is 40.3 Å². The highest BCUT2D eigenvalue weighted by Gasteiger charge is 2.32. The van der Waals surface area contributed by atoms with Crippen LogP contribution in [0.25, 0.3) is 33.8 Å². The standard InChI is InChI=1S/C30H25N5O3/c1-15-13-16(2)31-29-25(15)32-28(19-9-10-19)35(29)20-11-12-22-17(3)21-7-5-6-8-23(21)26(37-24(22)14-20)18(4)27-33-30(36)38-34-27/h5-8,11-14,19H,3,9-10H2,1-2,4H3,(H,33,34,36)/b26-18+. The van der Waals surface area contributed by atoms with Crippen molar-refractivity contribution in [3.8, 4) is 11.4 Å². The average Bonchev–Trinajstić information content (AvgIpc) is 3.57. The van der Waals surface area contributed by atoms with Gasteiger partial charge < -0.3 is 4.74 Å². The second-order valence-corrected chi connectivity index (χ2v) is 10.0. The van der Waals surface area contributed by atoms with Gasteiger partial charge in [-0.15, -0.1) is 0 Å². The monoisotopic (exact) mass is 503 g/mol. The maximum absolute atomic E-state index is 11.7. The van der Waals surface area contributed by atoms with E-state index in [1.165, 1.54) is 0 Å². The number of nitrogens with one attached hydrogen (secondary N) is 1. The normalized spacial score (nSPS) is 16.1. The van der Waals surface area contributed by atoms with Gasteiger partial charge in [-0.3, -0.25) is 14.1 Å². The number of H-pyrrole nitrogens is 1. The molecular formula is C30H25N5O3. The van der Waals surface area contributed by atoms with Gasteiger partial charge in [0.1, 0.15) is 22.8 Å². The molecule has 2 aliphatic rings. The molecule has 4 heterocycles. The molecule has 0 saturated heterocycles. The van der Waals surface area contributed by atoms with E-state index in [-0.39, 0.29) is 0 Å². The number of aryl methyl sites for hydroxylation is 2. The van der Waals surface area contributed by atoms with E-state index in [4.69, 9.17) is 19.2 Å². The summed E-state index contributed by atoms with van der Waals surface area (Å²) in [6, 6.07) is 16.2. The van der Waals surface area contributed by atoms with Crippen molar-refractivity contribution in [2.24, 2.45) is 0 Å². The molecule has 0 bridgehead atoms. The van der Waals surface area contributed by atoms with E-state index >= 15 is 0 Å². The SMILES string of the molecule is C=C1c2ccc(-n3c(C4CC4)nc4c(C)cc(C)nc43)cc2O/C(=C(\C)c2noc(=O)[nH]2)c2ccccc21. The van der Waals surface area contributed by atoms with Crippen LogP contribution in [0.5, 0.6) is 5.75 Å². The molecule has 2 aromatic carbocycles. The highest BCUT2D eigenvalue weighted by molar-refractivity contribution is 5.96. The molecule has 188 valence electrons. The third kappa shape index (κ3) is 3.44. The first-order chi connectivity index (χ1) is 18.4. The Labute approximate surface area is 218 Å². The molecular weight excluding hydrogens is 478 g/mol. The highest BCUT2D eigenvalue weighted by Crippen LogP contribution is 2.45. The Morgan fingerprint density at radius 3 is 2.58 bits per heavy atom. The van der Waals surface area contributed by atoms with E-state index in [9.17, 15) is 4.79 Å². The fourth-order valence-electron chi connectivity index (χ4n) is 5.26. The van der Waals surface area contributed by atoms with Crippen LogP contribution in [0.2, 0.25) is 0 Å². The van der Waals surface area contributed by atoms with Crippen LogP contribution in [0.15, 0.2) is 64.4 Å². The fourth-order valence-corrected chi connectivity index (χ4v) is 5.26. The van der Waals surface area contributed by atoms with Crippen LogP contribution < -0.4 is 10.5 Å². The number of imidazole rings is 1. The number of nitrogens with zero attached hydrogens (tertiary/aromatic N) is 4. The zero-order valence-electron chi connectivity index (χ0n) is 21.3. The number of benzene rings is 2. The fraction of sp³-hybridized carbons (Fsp3) is 0.200. The van der Waals surface area contributed by atoms with Gasteiger partial charge in [-0.1, -0.05) is 36.0 Å². The molecule has 0 atom stereocenters. The average molecular weight is 504 g/mol. The van der Waals surface area contributed by atoms with Crippen molar-refractivity contribution in [1.82, 2.24) is 24.7 Å². The Hall–Kier alpha value is -4.72. The van der Waals surface area contributed by atoms with Gasteiger partial charge in [0.2, 0.25) is 0 Å². The Kier molecular flexibility index (Phi) is 4.82. The molecule has 1 aliphatic carbocycles. The molecule has 0 amide bonds. The van der Waals surface area contributed by atoms with E-state index < -0.39 is 5.76 Å². The van der Waals surface area contributed by atoms with Crippen molar-refractivity contribution < 1.29 is 9.26 Å². The van der Waals surface area contributed by atoms with E-state index in [0.29, 0.717) is 28.8 Å². The lowest BCUT2D eigenvalue weighted by Gasteiger charge is -2.15. The Morgan fingerprint density at radius 2 is 1.84 bits per heavy atom. The third-order valence-electron chi connectivity index (χ3n) is 7.30. The van der Waals surface area contributed by atoms with Gasteiger partial charge >= 0.3 is 5.76 Å². The van der Waals surface area contributed by atoms with E-state index in [1.807, 2.05) is 50.2 Å². The number of hydrogen-bond acceptors (Lipinski definition) is 6. The van der Waals surface area contributed by atoms with Gasteiger partial charge in [0.05, 0.1) is 5.69 Å². The minimum absolute atomic E-state index is 0.316. The first-order valence-electron chi connectivity index (χ1n) is 12.6. The smallest absolute Gasteiger partial charge is 0.439 e. The van der Waals surface area contributed by atoms with Crippen LogP contribution in [0.1, 0.15) is 65.3 Å². The van der Waals surface area contributed by atoms with Crippen molar-refractivity contribution >= 4 is 28.1 Å². The van der Waals surface area contributed by atoms with Gasteiger partial charge in [0, 0.05) is 34.4 Å². The molecule has 1 aliphatic heterocycles. The third-order valence-corrected chi connectivity index (χ3v) is 7.30. The van der Waals surface area contributed by atoms with Crippen LogP contribution in [-0.2, 0) is 0 Å². The van der Waals surface area contributed by atoms with Crippen molar-refractivity contribution in [3.05, 3.63) is 105 Å². The summed E-state index contributed by atoms with van der Waals surface area (Å²) in [6.45, 7) is 10.4. The number of allylic oxidation sites excluding steroid dienone is 1. The van der Waals surface area contributed by atoms with Gasteiger partial charge in [-0.2, -0.15) is 0 Å². The van der Waals surface area contributed by atoms with Gasteiger partial charge in [-0.25, -0.2) is 14.8 Å². The second kappa shape index (κ2) is 8.14. The molecule has 7 rings (SSSR count). The Balaban J connectivity index is 1.46. The number of rotatable bonds is 3. The van der Waals surface area contributed by atoms with Crippen LogP contribution in [0.4, 0.5) is 0 Å². The maximum Gasteiger partial charge on any atom is 0.439 e. The minimum Gasteiger partial charge on any atom is -0.456 e. The lowest BCUT2D eigenvalue weighted by atomic mass is 9.94. The summed E-state index contributed by atoms with van der Waals surface area (Å²) in [5, 5.41) is 3.89. The molecule has 0 radical (unpaired) electrons. The van der Waals surface area contributed by atoms with E-state index in [1.54, 1.807) is 0 Å². The number of pyridine rings is 1. The van der Waals surface area contributed by atoms with Crippen molar-refractivity contribution in [3.63, 3.8) is 0 Å². The molecule has 5 aromatic rings. The predicted octanol–water partition coefficient (Wildman–Crippen LogP) is 5.93. The lowest BCUT2D eigenvalue weighted by molar-refractivity contribution is 0.385. The maximum atomic E-state index is 11.7. The highest BCUT2D eigenvalue weighted by atomic mass is 16.5. The van der Waals surface area contributed by atoms with Crippen molar-refractivity contribution in [2.75, 3.05) is 0 Å². The van der Waals surface area contributed by atoms with Crippen LogP contribution in [0.3, 0.4) is 0 Å². The predicted molar refractivity (Wildman–Crippen MR) is 145 cm³/mol. The minimum atomic E-state index is -0.619. The second-order valence-electron chi connectivity index (χ2n) is 10.0. The molecule has 38 heavy (non-hydrogen) atoms. The summed E-state index contributed by atoms with van der Waals surface area (Å²) in [5.74, 6) is 2.37. The topological polar surface area (TPSA) is 98.8 Å². The van der Waals surface area contributed by atoms with Crippen molar-refractivity contribution in [2.45, 2.75) is 39.5 Å². The first-order valence-corrected chi connectivity index (χ1v) is 12.6. The summed E-state index contributed by atoms with van der Waals surface area (Å²) in [7, 11) is 0. The number of aromatic amines is 1. The van der Waals surface area contributed by atoms with E-state index in [0.717, 1.165) is 69.0 Å². The van der Waals surface area contributed by atoms with Gasteiger partial charge in [-0.05, 0) is 68.5 Å². The molecule has 1 N–H and O–H groups in total. The Bertz CT molecular complexity index is 1880. The van der Waals surface area contributed by atoms with Gasteiger partial charge in [0.25, 0.3) is 0 Å².